The SMILES string of the molecule is Cc1cc(-c2ccccc2)nnc1C(=O)NC1CCCCC1. The highest BCUT2D eigenvalue weighted by Crippen LogP contribution is 2.20. The number of carbonyl (C=O) groups is 1. The highest BCUT2D eigenvalue weighted by Gasteiger charge is 2.19. The second-order valence-electron chi connectivity index (χ2n) is 5.94. The number of aryl methyl sites for hydroxylation is 1. The number of hydrogen-bond acceptors (Lipinski definition) is 3. The Kier molecular flexibility index (Phi) is 4.47. The van der Waals surface area contributed by atoms with Crippen LogP contribution in [0.2, 0.25) is 0 Å². The largest absolute Gasteiger partial charge is 0.348 e. The standard InChI is InChI=1S/C18H21N3O/c1-13-12-16(14-8-4-2-5-9-14)20-21-17(13)18(22)19-15-10-6-3-7-11-15/h2,4-5,8-9,12,15H,3,6-7,10-11H2,1H3,(H,19,22). The van der Waals surface area contributed by atoms with Crippen LogP contribution in [0.5, 0.6) is 0 Å². The number of carbonyl (C=O) groups excluding carboxylic acids is 1. The number of nitrogens with zero attached hydrogens (tertiary/aromatic N) is 2. The summed E-state index contributed by atoms with van der Waals surface area (Å²) in [6.45, 7) is 1.91. The van der Waals surface area contributed by atoms with Gasteiger partial charge in [0.25, 0.3) is 5.91 Å². The van der Waals surface area contributed by atoms with Gasteiger partial charge in [-0.2, -0.15) is 0 Å². The number of amides is 1. The maximum Gasteiger partial charge on any atom is 0.272 e. The van der Waals surface area contributed by atoms with Crippen LogP contribution in [0.15, 0.2) is 36.4 Å². The lowest BCUT2D eigenvalue weighted by atomic mass is 9.95. The van der Waals surface area contributed by atoms with Crippen molar-refractivity contribution >= 4 is 5.91 Å². The van der Waals surface area contributed by atoms with Gasteiger partial charge in [-0.15, -0.1) is 10.2 Å². The Hall–Kier alpha value is -2.23. The van der Waals surface area contributed by atoms with Gasteiger partial charge < -0.3 is 5.32 Å². The maximum absolute atomic E-state index is 12.4. The molecular formula is C18H21N3O. The van der Waals surface area contributed by atoms with Crippen LogP contribution < -0.4 is 5.32 Å². The number of rotatable bonds is 3. The molecule has 4 heteroatoms. The molecule has 0 unspecified atom stereocenters. The summed E-state index contributed by atoms with van der Waals surface area (Å²) in [5, 5.41) is 11.5. The monoisotopic (exact) mass is 295 g/mol. The van der Waals surface area contributed by atoms with E-state index in [1.54, 1.807) is 0 Å². The molecule has 0 spiro atoms. The van der Waals surface area contributed by atoms with Crippen LogP contribution in [0.25, 0.3) is 11.3 Å². The highest BCUT2D eigenvalue weighted by molar-refractivity contribution is 5.94. The van der Waals surface area contributed by atoms with Crippen LogP contribution in [0.4, 0.5) is 0 Å². The summed E-state index contributed by atoms with van der Waals surface area (Å²) in [6.07, 6.45) is 5.81. The Labute approximate surface area is 131 Å². The van der Waals surface area contributed by atoms with Gasteiger partial charge in [0.1, 0.15) is 0 Å². The van der Waals surface area contributed by atoms with E-state index in [0.29, 0.717) is 5.69 Å². The summed E-state index contributed by atoms with van der Waals surface area (Å²) >= 11 is 0. The summed E-state index contributed by atoms with van der Waals surface area (Å²) in [6, 6.07) is 12.1. The van der Waals surface area contributed by atoms with Crippen LogP contribution in [-0.2, 0) is 0 Å². The number of benzene rings is 1. The molecule has 1 aliphatic carbocycles. The molecule has 114 valence electrons. The minimum Gasteiger partial charge on any atom is -0.348 e. The third kappa shape index (κ3) is 3.32. The first kappa shape index (κ1) is 14.7. The van der Waals surface area contributed by atoms with Crippen molar-refractivity contribution < 1.29 is 4.79 Å². The molecule has 4 nitrogen and oxygen atoms in total. The normalized spacial score (nSPS) is 15.5. The molecule has 0 atom stereocenters. The van der Waals surface area contributed by atoms with Crippen molar-refractivity contribution in [1.29, 1.82) is 0 Å². The summed E-state index contributed by atoms with van der Waals surface area (Å²) < 4.78 is 0. The van der Waals surface area contributed by atoms with Gasteiger partial charge in [0.2, 0.25) is 0 Å². The van der Waals surface area contributed by atoms with E-state index in [4.69, 9.17) is 0 Å². The molecule has 0 radical (unpaired) electrons. The van der Waals surface area contributed by atoms with E-state index in [0.717, 1.165) is 29.7 Å². The third-order valence-electron chi connectivity index (χ3n) is 4.21. The molecule has 1 N–H and O–H groups in total. The Morgan fingerprint density at radius 3 is 2.50 bits per heavy atom. The topological polar surface area (TPSA) is 54.9 Å². The fourth-order valence-electron chi connectivity index (χ4n) is 2.96. The minimum atomic E-state index is -0.100. The van der Waals surface area contributed by atoms with Gasteiger partial charge in [0, 0.05) is 11.6 Å². The molecular weight excluding hydrogens is 274 g/mol. The second-order valence-corrected chi connectivity index (χ2v) is 5.94. The summed E-state index contributed by atoms with van der Waals surface area (Å²) in [5.74, 6) is -0.100. The first-order valence-electron chi connectivity index (χ1n) is 7.94. The van der Waals surface area contributed by atoms with E-state index < -0.39 is 0 Å². The van der Waals surface area contributed by atoms with E-state index in [9.17, 15) is 4.79 Å². The number of aromatic nitrogens is 2. The molecule has 1 fully saturated rings. The van der Waals surface area contributed by atoms with Gasteiger partial charge in [0.05, 0.1) is 5.69 Å². The van der Waals surface area contributed by atoms with Crippen LogP contribution in [0.3, 0.4) is 0 Å². The van der Waals surface area contributed by atoms with Gasteiger partial charge in [-0.1, -0.05) is 49.6 Å². The zero-order chi connectivity index (χ0) is 15.4. The Morgan fingerprint density at radius 2 is 1.82 bits per heavy atom. The average Bonchev–Trinajstić information content (AvgIpc) is 2.56. The van der Waals surface area contributed by atoms with Crippen molar-refractivity contribution in [3.05, 3.63) is 47.7 Å². The summed E-state index contributed by atoms with van der Waals surface area (Å²) in [7, 11) is 0. The van der Waals surface area contributed by atoms with Gasteiger partial charge in [-0.05, 0) is 31.4 Å². The molecule has 22 heavy (non-hydrogen) atoms. The molecule has 3 rings (SSSR count). The predicted molar refractivity (Wildman–Crippen MR) is 86.5 cm³/mol. The molecule has 1 heterocycles. The van der Waals surface area contributed by atoms with Gasteiger partial charge in [-0.25, -0.2) is 0 Å². The smallest absolute Gasteiger partial charge is 0.272 e. The van der Waals surface area contributed by atoms with Crippen molar-refractivity contribution in [3.63, 3.8) is 0 Å². The molecule has 0 aliphatic heterocycles. The molecule has 0 bridgehead atoms. The lowest BCUT2D eigenvalue weighted by Gasteiger charge is -2.22. The zero-order valence-corrected chi connectivity index (χ0v) is 12.9. The average molecular weight is 295 g/mol. The molecule has 1 aliphatic rings. The maximum atomic E-state index is 12.4. The van der Waals surface area contributed by atoms with Crippen molar-refractivity contribution in [2.45, 2.75) is 45.1 Å². The zero-order valence-electron chi connectivity index (χ0n) is 12.9. The molecule has 1 aromatic carbocycles. The van der Waals surface area contributed by atoms with Gasteiger partial charge in [-0.3, -0.25) is 4.79 Å². The second kappa shape index (κ2) is 6.69. The molecule has 1 aromatic heterocycles. The van der Waals surface area contributed by atoms with E-state index in [-0.39, 0.29) is 11.9 Å². The van der Waals surface area contributed by atoms with Crippen molar-refractivity contribution in [2.75, 3.05) is 0 Å². The minimum absolute atomic E-state index is 0.100. The summed E-state index contributed by atoms with van der Waals surface area (Å²) in [4.78, 5) is 12.4. The molecule has 1 amide bonds. The van der Waals surface area contributed by atoms with Crippen molar-refractivity contribution in [1.82, 2.24) is 15.5 Å². The summed E-state index contributed by atoms with van der Waals surface area (Å²) in [5.41, 5.74) is 3.11. The highest BCUT2D eigenvalue weighted by atomic mass is 16.2. The van der Waals surface area contributed by atoms with Crippen LogP contribution in [0.1, 0.15) is 48.2 Å². The Morgan fingerprint density at radius 1 is 1.09 bits per heavy atom. The van der Waals surface area contributed by atoms with Crippen molar-refractivity contribution in [3.8, 4) is 11.3 Å². The molecule has 1 saturated carbocycles. The Bertz CT molecular complexity index is 649. The third-order valence-corrected chi connectivity index (χ3v) is 4.21. The van der Waals surface area contributed by atoms with Gasteiger partial charge in [0.15, 0.2) is 5.69 Å². The first-order valence-corrected chi connectivity index (χ1v) is 7.94. The molecule has 0 saturated heterocycles. The Balaban J connectivity index is 1.75. The fourth-order valence-corrected chi connectivity index (χ4v) is 2.96. The lowest BCUT2D eigenvalue weighted by molar-refractivity contribution is 0.0921. The fraction of sp³-hybridized carbons (Fsp3) is 0.389. The quantitative estimate of drug-likeness (QED) is 0.942. The molecule has 2 aromatic rings. The van der Waals surface area contributed by atoms with E-state index in [2.05, 4.69) is 15.5 Å². The number of hydrogen-bond donors (Lipinski definition) is 1. The van der Waals surface area contributed by atoms with E-state index in [1.807, 2.05) is 43.3 Å². The first-order chi connectivity index (χ1) is 10.7. The van der Waals surface area contributed by atoms with Crippen LogP contribution in [-0.4, -0.2) is 22.1 Å². The lowest BCUT2D eigenvalue weighted by Crippen LogP contribution is -2.37. The van der Waals surface area contributed by atoms with E-state index in [1.165, 1.54) is 19.3 Å². The predicted octanol–water partition coefficient (Wildman–Crippen LogP) is 3.51. The van der Waals surface area contributed by atoms with Gasteiger partial charge >= 0.3 is 0 Å². The number of nitrogens with one attached hydrogen (secondary N) is 1. The van der Waals surface area contributed by atoms with E-state index >= 15 is 0 Å². The van der Waals surface area contributed by atoms with Crippen LogP contribution >= 0.6 is 0 Å². The van der Waals surface area contributed by atoms with Crippen molar-refractivity contribution in [2.24, 2.45) is 0 Å². The van der Waals surface area contributed by atoms with Crippen LogP contribution in [0, 0.1) is 6.92 Å².